The van der Waals surface area contributed by atoms with Crippen LogP contribution in [0.3, 0.4) is 0 Å². The number of rotatable bonds is 7. The van der Waals surface area contributed by atoms with Gasteiger partial charge in [0.2, 0.25) is 18.2 Å². The van der Waals surface area contributed by atoms with E-state index in [1.807, 2.05) is 0 Å². The first-order chi connectivity index (χ1) is 15.2. The molecule has 0 saturated carbocycles. The number of hydrogen-bond acceptors (Lipinski definition) is 5. The molecule has 0 heterocycles. The van der Waals surface area contributed by atoms with Gasteiger partial charge in [0.05, 0.1) is 39.9 Å². The van der Waals surface area contributed by atoms with Crippen LogP contribution >= 0.6 is 53.5 Å². The van der Waals surface area contributed by atoms with E-state index in [0.717, 1.165) is 0 Å². The number of carbonyl (C=O) groups excluding carboxylic acids is 2. The van der Waals surface area contributed by atoms with Crippen molar-refractivity contribution in [3.05, 3.63) is 85.8 Å². The molecule has 3 aromatic rings. The van der Waals surface area contributed by atoms with Crippen molar-refractivity contribution >= 4 is 69.9 Å². The third-order valence-corrected chi connectivity index (χ3v) is 8.85. The molecule has 0 aromatic heterocycles. The maximum absolute atomic E-state index is 14.5. The minimum absolute atomic E-state index is 0.0220. The Morgan fingerprint density at radius 2 is 1.19 bits per heavy atom. The van der Waals surface area contributed by atoms with Crippen molar-refractivity contribution < 1.29 is 23.6 Å². The minimum Gasteiger partial charge on any atom is -0.496 e. The first kappa shape index (κ1) is 24.6. The highest BCUT2D eigenvalue weighted by molar-refractivity contribution is 8.01. The van der Waals surface area contributed by atoms with Crippen LogP contribution in [0.25, 0.3) is 0 Å². The summed E-state index contributed by atoms with van der Waals surface area (Å²) >= 11 is 24.7. The Morgan fingerprint density at radius 3 is 1.66 bits per heavy atom. The summed E-state index contributed by atoms with van der Waals surface area (Å²) in [5.74, 6) is 0.166. The molecule has 166 valence electrons. The normalized spacial score (nSPS) is 12.7. The third-order valence-electron chi connectivity index (χ3n) is 4.66. The van der Waals surface area contributed by atoms with Crippen molar-refractivity contribution in [3.63, 3.8) is 0 Å². The molecule has 0 spiro atoms. The van der Waals surface area contributed by atoms with Gasteiger partial charge in [-0.1, -0.05) is 82.8 Å². The first-order valence-corrected chi connectivity index (χ1v) is 12.2. The zero-order chi connectivity index (χ0) is 23.6. The number of carbonyl (C=O) groups is 2. The lowest BCUT2D eigenvalue weighted by molar-refractivity contribution is 0.103. The Kier molecular flexibility index (Phi) is 7.59. The number of hydrogen-bond donors (Lipinski definition) is 0. The third kappa shape index (κ3) is 4.16. The molecule has 1 atom stereocenters. The van der Waals surface area contributed by atoms with Gasteiger partial charge < -0.3 is 14.0 Å². The summed E-state index contributed by atoms with van der Waals surface area (Å²) in [5.41, 5.74) is -2.68. The SMILES string of the molecule is COc1cccc(OC)c1C(=O)P(=O)(C(=O)c1c(Cl)c(Cl)cc(Cl)c1Cl)c1ccccc1. The molecule has 0 fully saturated rings. The van der Waals surface area contributed by atoms with E-state index in [-0.39, 0.29) is 42.5 Å². The lowest BCUT2D eigenvalue weighted by Crippen LogP contribution is -2.22. The molecular formula is C22H15Cl4O5P. The largest absolute Gasteiger partial charge is 0.496 e. The summed E-state index contributed by atoms with van der Waals surface area (Å²) in [4.78, 5) is 27.6. The number of methoxy groups -OCH3 is 2. The van der Waals surface area contributed by atoms with Crippen LogP contribution in [0.5, 0.6) is 11.5 Å². The lowest BCUT2D eigenvalue weighted by atomic mass is 10.2. The summed E-state index contributed by atoms with van der Waals surface area (Å²) in [6.45, 7) is 0. The highest BCUT2D eigenvalue weighted by Crippen LogP contribution is 2.56. The highest BCUT2D eigenvalue weighted by Gasteiger charge is 2.46. The van der Waals surface area contributed by atoms with Gasteiger partial charge in [-0.2, -0.15) is 0 Å². The van der Waals surface area contributed by atoms with Crippen molar-refractivity contribution in [2.75, 3.05) is 14.2 Å². The van der Waals surface area contributed by atoms with Gasteiger partial charge in [0.1, 0.15) is 17.1 Å². The smallest absolute Gasteiger partial charge is 0.249 e. The van der Waals surface area contributed by atoms with Crippen molar-refractivity contribution in [2.45, 2.75) is 0 Å². The van der Waals surface area contributed by atoms with E-state index in [0.29, 0.717) is 0 Å². The van der Waals surface area contributed by atoms with Crippen LogP contribution in [-0.2, 0) is 4.57 Å². The second-order valence-electron chi connectivity index (χ2n) is 6.44. The number of ether oxygens (including phenoxy) is 2. The Balaban J connectivity index is 2.37. The first-order valence-electron chi connectivity index (χ1n) is 8.97. The Bertz CT molecular complexity index is 1210. The second kappa shape index (κ2) is 9.86. The van der Waals surface area contributed by atoms with Gasteiger partial charge in [-0.25, -0.2) is 0 Å². The maximum Gasteiger partial charge on any atom is 0.249 e. The molecule has 3 aromatic carbocycles. The highest BCUT2D eigenvalue weighted by atomic mass is 35.5. The zero-order valence-electron chi connectivity index (χ0n) is 16.7. The molecule has 0 amide bonds. The van der Waals surface area contributed by atoms with E-state index in [2.05, 4.69) is 0 Å². The van der Waals surface area contributed by atoms with E-state index in [9.17, 15) is 14.2 Å². The van der Waals surface area contributed by atoms with Crippen molar-refractivity contribution in [2.24, 2.45) is 0 Å². The predicted octanol–water partition coefficient (Wildman–Crippen LogP) is 6.99. The van der Waals surface area contributed by atoms with Gasteiger partial charge >= 0.3 is 0 Å². The van der Waals surface area contributed by atoms with Gasteiger partial charge in [0.25, 0.3) is 0 Å². The Labute approximate surface area is 204 Å². The molecule has 5 nitrogen and oxygen atoms in total. The van der Waals surface area contributed by atoms with Gasteiger partial charge in [-0.3, -0.25) is 9.59 Å². The topological polar surface area (TPSA) is 69.7 Å². The fourth-order valence-electron chi connectivity index (χ4n) is 3.10. The van der Waals surface area contributed by atoms with Crippen LogP contribution in [0.2, 0.25) is 20.1 Å². The average molecular weight is 532 g/mol. The lowest BCUT2D eigenvalue weighted by Gasteiger charge is -2.20. The summed E-state index contributed by atoms with van der Waals surface area (Å²) in [5, 5.41) is -0.701. The molecule has 0 aliphatic carbocycles. The van der Waals surface area contributed by atoms with Crippen molar-refractivity contribution in [3.8, 4) is 11.5 Å². The minimum atomic E-state index is -4.60. The fraction of sp³-hybridized carbons (Fsp3) is 0.0909. The molecule has 0 saturated heterocycles. The van der Waals surface area contributed by atoms with Crippen LogP contribution in [0.4, 0.5) is 0 Å². The van der Waals surface area contributed by atoms with Crippen LogP contribution in [0.1, 0.15) is 20.7 Å². The maximum atomic E-state index is 14.5. The molecule has 0 aliphatic heterocycles. The summed E-state index contributed by atoms with van der Waals surface area (Å²) in [6.07, 6.45) is 0. The molecule has 32 heavy (non-hydrogen) atoms. The summed E-state index contributed by atoms with van der Waals surface area (Å²) in [6, 6.07) is 13.4. The van der Waals surface area contributed by atoms with Crippen molar-refractivity contribution in [1.29, 1.82) is 0 Å². The average Bonchev–Trinajstić information content (AvgIpc) is 2.81. The summed E-state index contributed by atoms with van der Waals surface area (Å²) < 4.78 is 25.0. The number of halogens is 4. The molecule has 0 N–H and O–H groups in total. The standard InChI is InChI=1S/C22H15Cl4O5P/c1-30-15-9-6-10-16(31-2)17(15)21(27)32(29,12-7-4-3-5-8-12)22(28)18-19(25)13(23)11-14(24)20(18)26/h3-11H,1-2H3. The van der Waals surface area contributed by atoms with Gasteiger partial charge in [-0.05, 0) is 18.2 Å². The molecular weight excluding hydrogens is 517 g/mol. The summed E-state index contributed by atoms with van der Waals surface area (Å²) in [7, 11) is -1.92. The number of benzene rings is 3. The van der Waals surface area contributed by atoms with E-state index in [1.54, 1.807) is 24.3 Å². The van der Waals surface area contributed by atoms with E-state index >= 15 is 0 Å². The van der Waals surface area contributed by atoms with E-state index in [4.69, 9.17) is 55.9 Å². The van der Waals surface area contributed by atoms with Crippen LogP contribution in [-0.4, -0.2) is 25.3 Å². The monoisotopic (exact) mass is 530 g/mol. The van der Waals surface area contributed by atoms with Crippen LogP contribution < -0.4 is 14.8 Å². The zero-order valence-corrected chi connectivity index (χ0v) is 20.6. The molecule has 0 bridgehead atoms. The second-order valence-corrected chi connectivity index (χ2v) is 10.6. The van der Waals surface area contributed by atoms with Crippen molar-refractivity contribution in [1.82, 2.24) is 0 Å². The fourth-order valence-corrected chi connectivity index (χ4v) is 6.53. The van der Waals surface area contributed by atoms with Gasteiger partial charge in [0.15, 0.2) is 0 Å². The molecule has 1 unspecified atom stereocenters. The molecule has 0 aliphatic rings. The van der Waals surface area contributed by atoms with Crippen LogP contribution in [0.15, 0.2) is 54.6 Å². The molecule has 10 heteroatoms. The van der Waals surface area contributed by atoms with Crippen LogP contribution in [0, 0.1) is 0 Å². The van der Waals surface area contributed by atoms with E-state index < -0.39 is 23.8 Å². The van der Waals surface area contributed by atoms with E-state index in [1.165, 1.54) is 44.6 Å². The molecule has 0 radical (unpaired) electrons. The predicted molar refractivity (Wildman–Crippen MR) is 128 cm³/mol. The Hall–Kier alpha value is -2.01. The quantitative estimate of drug-likeness (QED) is 0.243. The van der Waals surface area contributed by atoms with Gasteiger partial charge in [-0.15, -0.1) is 0 Å². The Morgan fingerprint density at radius 1 is 0.719 bits per heavy atom. The van der Waals surface area contributed by atoms with Gasteiger partial charge in [0, 0.05) is 5.30 Å². The molecule has 3 rings (SSSR count).